The van der Waals surface area contributed by atoms with Crippen LogP contribution in [0.3, 0.4) is 0 Å². The predicted molar refractivity (Wildman–Crippen MR) is 79.8 cm³/mol. The highest BCUT2D eigenvalue weighted by Crippen LogP contribution is 2.34. The van der Waals surface area contributed by atoms with Crippen molar-refractivity contribution in [3.05, 3.63) is 29.8 Å². The highest BCUT2D eigenvalue weighted by molar-refractivity contribution is 5.85. The number of benzene rings is 1. The van der Waals surface area contributed by atoms with Crippen molar-refractivity contribution < 1.29 is 9.53 Å². The van der Waals surface area contributed by atoms with Gasteiger partial charge in [0, 0.05) is 18.7 Å². The molecule has 0 spiro atoms. The van der Waals surface area contributed by atoms with E-state index in [4.69, 9.17) is 10.5 Å². The number of rotatable bonds is 6. The Morgan fingerprint density at radius 1 is 1.45 bits per heavy atom. The molecule has 0 fully saturated rings. The van der Waals surface area contributed by atoms with Crippen molar-refractivity contribution in [3.63, 3.8) is 0 Å². The number of hydrogen-bond acceptors (Lipinski definition) is 3. The number of carbonyl (C=O) groups is 1. The van der Waals surface area contributed by atoms with E-state index in [0.717, 1.165) is 30.8 Å². The summed E-state index contributed by atoms with van der Waals surface area (Å²) in [6.45, 7) is 6.82. The first-order chi connectivity index (χ1) is 9.63. The molecule has 2 N–H and O–H groups in total. The second-order valence-electron chi connectivity index (χ2n) is 5.72. The van der Waals surface area contributed by atoms with Crippen LogP contribution in [0.25, 0.3) is 0 Å². The molecule has 20 heavy (non-hydrogen) atoms. The maximum absolute atomic E-state index is 12.8. The van der Waals surface area contributed by atoms with Gasteiger partial charge in [0.1, 0.15) is 18.3 Å². The SMILES string of the molecule is CC(C)CN(CCCN)C(=O)C1COc2ccccc21. The molecule has 1 aliphatic rings. The predicted octanol–water partition coefficient (Wildman–Crippen LogP) is 2.00. The number of hydrogen-bond donors (Lipinski definition) is 1. The van der Waals surface area contributed by atoms with Gasteiger partial charge in [0.05, 0.1) is 0 Å². The summed E-state index contributed by atoms with van der Waals surface area (Å²) in [6, 6.07) is 7.81. The van der Waals surface area contributed by atoms with Crippen molar-refractivity contribution in [1.29, 1.82) is 0 Å². The van der Waals surface area contributed by atoms with E-state index < -0.39 is 0 Å². The van der Waals surface area contributed by atoms with E-state index in [1.165, 1.54) is 0 Å². The summed E-state index contributed by atoms with van der Waals surface area (Å²) in [6.07, 6.45) is 0.841. The molecule has 1 aromatic carbocycles. The van der Waals surface area contributed by atoms with Crippen LogP contribution in [0.1, 0.15) is 31.7 Å². The highest BCUT2D eigenvalue weighted by atomic mass is 16.5. The highest BCUT2D eigenvalue weighted by Gasteiger charge is 2.33. The van der Waals surface area contributed by atoms with E-state index in [2.05, 4.69) is 13.8 Å². The molecule has 1 unspecified atom stereocenters. The number of para-hydroxylation sites is 1. The van der Waals surface area contributed by atoms with Crippen LogP contribution in [0.4, 0.5) is 0 Å². The molecule has 1 atom stereocenters. The summed E-state index contributed by atoms with van der Waals surface area (Å²) >= 11 is 0. The molecule has 0 aromatic heterocycles. The Kier molecular flexibility index (Phi) is 5.01. The van der Waals surface area contributed by atoms with Crippen LogP contribution in [0.2, 0.25) is 0 Å². The summed E-state index contributed by atoms with van der Waals surface area (Å²) < 4.78 is 5.62. The molecule has 0 saturated heterocycles. The molecule has 0 aliphatic carbocycles. The summed E-state index contributed by atoms with van der Waals surface area (Å²) in [5, 5.41) is 0. The van der Waals surface area contributed by atoms with Gasteiger partial charge in [-0.25, -0.2) is 0 Å². The smallest absolute Gasteiger partial charge is 0.233 e. The molecule has 2 rings (SSSR count). The van der Waals surface area contributed by atoms with Crippen molar-refractivity contribution in [1.82, 2.24) is 4.90 Å². The van der Waals surface area contributed by atoms with Crippen LogP contribution in [-0.2, 0) is 4.79 Å². The van der Waals surface area contributed by atoms with Gasteiger partial charge in [-0.05, 0) is 24.9 Å². The lowest BCUT2D eigenvalue weighted by molar-refractivity contribution is -0.133. The van der Waals surface area contributed by atoms with Crippen LogP contribution in [0.5, 0.6) is 5.75 Å². The van der Waals surface area contributed by atoms with E-state index in [9.17, 15) is 4.79 Å². The van der Waals surface area contributed by atoms with Crippen molar-refractivity contribution in [2.45, 2.75) is 26.2 Å². The van der Waals surface area contributed by atoms with Crippen LogP contribution < -0.4 is 10.5 Å². The molecule has 0 radical (unpaired) electrons. The third-order valence-electron chi connectivity index (χ3n) is 3.53. The van der Waals surface area contributed by atoms with Crippen molar-refractivity contribution in [2.24, 2.45) is 11.7 Å². The van der Waals surface area contributed by atoms with Crippen LogP contribution in [-0.4, -0.2) is 37.0 Å². The number of nitrogens with zero attached hydrogens (tertiary/aromatic N) is 1. The van der Waals surface area contributed by atoms with Gasteiger partial charge < -0.3 is 15.4 Å². The van der Waals surface area contributed by atoms with Crippen molar-refractivity contribution >= 4 is 5.91 Å². The van der Waals surface area contributed by atoms with Gasteiger partial charge in [-0.2, -0.15) is 0 Å². The summed E-state index contributed by atoms with van der Waals surface area (Å²) in [5.74, 6) is 1.29. The monoisotopic (exact) mass is 276 g/mol. The molecule has 1 aromatic rings. The summed E-state index contributed by atoms with van der Waals surface area (Å²) in [5.41, 5.74) is 6.59. The Morgan fingerprint density at radius 3 is 2.90 bits per heavy atom. The fourth-order valence-corrected chi connectivity index (χ4v) is 2.60. The summed E-state index contributed by atoms with van der Waals surface area (Å²) in [4.78, 5) is 14.7. The number of carbonyl (C=O) groups excluding carboxylic acids is 1. The maximum Gasteiger partial charge on any atom is 0.233 e. The van der Waals surface area contributed by atoms with Gasteiger partial charge >= 0.3 is 0 Å². The van der Waals surface area contributed by atoms with Gasteiger partial charge in [-0.3, -0.25) is 4.79 Å². The zero-order valence-corrected chi connectivity index (χ0v) is 12.3. The van der Waals surface area contributed by atoms with Crippen molar-refractivity contribution in [2.75, 3.05) is 26.2 Å². The fraction of sp³-hybridized carbons (Fsp3) is 0.562. The third-order valence-corrected chi connectivity index (χ3v) is 3.53. The average molecular weight is 276 g/mol. The molecule has 4 heteroatoms. The minimum absolute atomic E-state index is 0.164. The molecule has 1 amide bonds. The standard InChI is InChI=1S/C16H24N2O2/c1-12(2)10-18(9-5-8-17)16(19)14-11-20-15-7-4-3-6-13(14)15/h3-4,6-7,12,14H,5,8-11,17H2,1-2H3. The van der Waals surface area contributed by atoms with Crippen LogP contribution in [0, 0.1) is 5.92 Å². The Labute approximate surface area is 120 Å². The van der Waals surface area contributed by atoms with E-state index in [1.807, 2.05) is 29.2 Å². The molecular weight excluding hydrogens is 252 g/mol. The molecule has 1 aliphatic heterocycles. The Morgan fingerprint density at radius 2 is 2.20 bits per heavy atom. The van der Waals surface area contributed by atoms with Gasteiger partial charge in [-0.1, -0.05) is 32.0 Å². The molecular formula is C16H24N2O2. The van der Waals surface area contributed by atoms with Gasteiger partial charge in [-0.15, -0.1) is 0 Å². The van der Waals surface area contributed by atoms with Crippen LogP contribution >= 0.6 is 0 Å². The van der Waals surface area contributed by atoms with Gasteiger partial charge in [0.15, 0.2) is 0 Å². The topological polar surface area (TPSA) is 55.6 Å². The third kappa shape index (κ3) is 3.31. The lowest BCUT2D eigenvalue weighted by Crippen LogP contribution is -2.39. The molecule has 110 valence electrons. The Hall–Kier alpha value is -1.55. The first-order valence-electron chi connectivity index (χ1n) is 7.34. The molecule has 4 nitrogen and oxygen atoms in total. The largest absolute Gasteiger partial charge is 0.492 e. The molecule has 1 heterocycles. The van der Waals surface area contributed by atoms with Crippen LogP contribution in [0.15, 0.2) is 24.3 Å². The normalized spacial score (nSPS) is 16.9. The fourth-order valence-electron chi connectivity index (χ4n) is 2.60. The van der Waals surface area contributed by atoms with Gasteiger partial charge in [0.25, 0.3) is 0 Å². The van der Waals surface area contributed by atoms with E-state index >= 15 is 0 Å². The zero-order chi connectivity index (χ0) is 14.5. The lowest BCUT2D eigenvalue weighted by Gasteiger charge is -2.27. The maximum atomic E-state index is 12.8. The number of nitrogens with two attached hydrogens (primary N) is 1. The van der Waals surface area contributed by atoms with Gasteiger partial charge in [0.2, 0.25) is 5.91 Å². The number of amides is 1. The average Bonchev–Trinajstić information content (AvgIpc) is 2.86. The van der Waals surface area contributed by atoms with Crippen molar-refractivity contribution in [3.8, 4) is 5.75 Å². The summed E-state index contributed by atoms with van der Waals surface area (Å²) in [7, 11) is 0. The number of fused-ring (bicyclic) bond motifs is 1. The zero-order valence-electron chi connectivity index (χ0n) is 12.3. The molecule has 0 bridgehead atoms. The quantitative estimate of drug-likeness (QED) is 0.864. The first-order valence-corrected chi connectivity index (χ1v) is 7.34. The Bertz CT molecular complexity index is 460. The van der Waals surface area contributed by atoms with E-state index in [1.54, 1.807) is 0 Å². The Balaban J connectivity index is 2.11. The first kappa shape index (κ1) is 14.9. The lowest BCUT2D eigenvalue weighted by atomic mass is 9.99. The second kappa shape index (κ2) is 6.75. The second-order valence-corrected chi connectivity index (χ2v) is 5.72. The van der Waals surface area contributed by atoms with E-state index in [0.29, 0.717) is 19.1 Å². The van der Waals surface area contributed by atoms with E-state index in [-0.39, 0.29) is 11.8 Å². The number of ether oxygens (including phenoxy) is 1. The molecule has 0 saturated carbocycles. The minimum Gasteiger partial charge on any atom is -0.492 e. The minimum atomic E-state index is -0.164.